The number of hydrogen-bond acceptors (Lipinski definition) is 4. The molecule has 1 fully saturated rings. The maximum Gasteiger partial charge on any atom is 0.410 e. The Balaban J connectivity index is 2.20. The van der Waals surface area contributed by atoms with Crippen molar-refractivity contribution in [3.05, 3.63) is 23.4 Å². The number of ether oxygens (including phenoxy) is 1. The molecule has 2 rings (SSSR count). The summed E-state index contributed by atoms with van der Waals surface area (Å²) in [6.07, 6.45) is 1.72. The minimum absolute atomic E-state index is 0.0678. The van der Waals surface area contributed by atoms with Crippen molar-refractivity contribution >= 4 is 11.9 Å². The topological polar surface area (TPSA) is 54.5 Å². The van der Waals surface area contributed by atoms with Crippen molar-refractivity contribution < 1.29 is 9.53 Å². The molecule has 0 aliphatic carbocycles. The van der Waals surface area contributed by atoms with Gasteiger partial charge >= 0.3 is 6.09 Å². The number of hydrogen-bond donors (Lipinski definition) is 1. The van der Waals surface area contributed by atoms with Gasteiger partial charge in [-0.2, -0.15) is 0 Å². The van der Waals surface area contributed by atoms with E-state index in [-0.39, 0.29) is 12.1 Å². The van der Waals surface area contributed by atoms with Crippen LogP contribution < -0.4 is 5.32 Å². The number of aromatic nitrogens is 1. The van der Waals surface area contributed by atoms with E-state index in [0.29, 0.717) is 0 Å². The minimum Gasteiger partial charge on any atom is -0.444 e. The Morgan fingerprint density at radius 2 is 2.14 bits per heavy atom. The van der Waals surface area contributed by atoms with E-state index in [1.807, 2.05) is 45.7 Å². The second kappa shape index (κ2) is 5.92. The average Bonchev–Trinajstić information content (AvgIpc) is 2.85. The van der Waals surface area contributed by atoms with E-state index in [1.165, 1.54) is 0 Å². The highest BCUT2D eigenvalue weighted by atomic mass is 16.6. The summed E-state index contributed by atoms with van der Waals surface area (Å²) >= 11 is 0. The molecule has 0 aromatic carbocycles. The molecule has 0 saturated carbocycles. The van der Waals surface area contributed by atoms with E-state index in [9.17, 15) is 4.79 Å². The third-order valence-electron chi connectivity index (χ3n) is 3.62. The summed E-state index contributed by atoms with van der Waals surface area (Å²) in [5, 5.41) is 3.03. The zero-order chi connectivity index (χ0) is 15.6. The van der Waals surface area contributed by atoms with Crippen molar-refractivity contribution in [1.82, 2.24) is 9.88 Å². The summed E-state index contributed by atoms with van der Waals surface area (Å²) in [7, 11) is 1.85. The molecular weight excluding hydrogens is 266 g/mol. The lowest BCUT2D eigenvalue weighted by Crippen LogP contribution is -2.36. The van der Waals surface area contributed by atoms with E-state index in [2.05, 4.69) is 16.4 Å². The molecule has 0 spiro atoms. The maximum atomic E-state index is 12.4. The van der Waals surface area contributed by atoms with Crippen LogP contribution in [0.25, 0.3) is 0 Å². The Morgan fingerprint density at radius 1 is 1.43 bits per heavy atom. The van der Waals surface area contributed by atoms with Gasteiger partial charge in [-0.3, -0.25) is 0 Å². The highest BCUT2D eigenvalue weighted by molar-refractivity contribution is 5.69. The van der Waals surface area contributed by atoms with Crippen LogP contribution in [0.5, 0.6) is 0 Å². The number of nitrogens with zero attached hydrogens (tertiary/aromatic N) is 2. The first kappa shape index (κ1) is 15.6. The number of likely N-dealkylation sites (tertiary alicyclic amines) is 1. The Hall–Kier alpha value is -1.78. The fourth-order valence-corrected chi connectivity index (χ4v) is 2.69. The highest BCUT2D eigenvalue weighted by Gasteiger charge is 2.34. The van der Waals surface area contributed by atoms with Crippen LogP contribution in [0.2, 0.25) is 0 Å². The van der Waals surface area contributed by atoms with Crippen LogP contribution in [-0.2, 0) is 4.74 Å². The first-order valence-corrected chi connectivity index (χ1v) is 7.47. The number of aryl methyl sites for hydroxylation is 1. The van der Waals surface area contributed by atoms with Crippen molar-refractivity contribution in [1.29, 1.82) is 0 Å². The number of carbonyl (C=O) groups is 1. The molecule has 0 radical (unpaired) electrons. The molecule has 1 saturated heterocycles. The summed E-state index contributed by atoms with van der Waals surface area (Å²) in [6.45, 7) is 8.41. The van der Waals surface area contributed by atoms with Crippen molar-refractivity contribution in [3.8, 4) is 0 Å². The third-order valence-corrected chi connectivity index (χ3v) is 3.62. The predicted octanol–water partition coefficient (Wildman–Crippen LogP) is 3.50. The zero-order valence-electron chi connectivity index (χ0n) is 13.6. The van der Waals surface area contributed by atoms with E-state index < -0.39 is 5.60 Å². The van der Waals surface area contributed by atoms with Gasteiger partial charge in [-0.05, 0) is 52.2 Å². The molecule has 1 atom stereocenters. The number of rotatable bonds is 2. The second-order valence-corrected chi connectivity index (χ2v) is 6.45. The van der Waals surface area contributed by atoms with E-state index in [1.54, 1.807) is 0 Å². The molecule has 1 aromatic heterocycles. The molecule has 1 aliphatic rings. The smallest absolute Gasteiger partial charge is 0.410 e. The van der Waals surface area contributed by atoms with Crippen LogP contribution in [0.1, 0.15) is 50.9 Å². The van der Waals surface area contributed by atoms with Gasteiger partial charge in [0.05, 0.1) is 6.04 Å². The van der Waals surface area contributed by atoms with Crippen molar-refractivity contribution in [2.24, 2.45) is 0 Å². The fourth-order valence-electron chi connectivity index (χ4n) is 2.69. The first-order chi connectivity index (χ1) is 9.81. The number of carbonyl (C=O) groups excluding carboxylic acids is 1. The fraction of sp³-hybridized carbons (Fsp3) is 0.625. The lowest BCUT2D eigenvalue weighted by atomic mass is 10.0. The van der Waals surface area contributed by atoms with Gasteiger partial charge in [0.2, 0.25) is 0 Å². The molecule has 1 aromatic rings. The molecule has 1 amide bonds. The minimum atomic E-state index is -0.465. The SMILES string of the molecule is CNc1ccc(C2CCCN2C(=O)OC(C)(C)C)c(C)n1. The second-order valence-electron chi connectivity index (χ2n) is 6.45. The number of nitrogens with one attached hydrogen (secondary N) is 1. The van der Waals surface area contributed by atoms with Gasteiger partial charge in [0, 0.05) is 19.3 Å². The predicted molar refractivity (Wildman–Crippen MR) is 83.4 cm³/mol. The molecule has 0 bridgehead atoms. The Labute approximate surface area is 126 Å². The molecular formula is C16H25N3O2. The normalized spacial score (nSPS) is 18.7. The summed E-state index contributed by atoms with van der Waals surface area (Å²) in [6, 6.07) is 4.08. The molecule has 21 heavy (non-hydrogen) atoms. The summed E-state index contributed by atoms with van der Waals surface area (Å²) in [5.41, 5.74) is 1.60. The molecule has 5 nitrogen and oxygen atoms in total. The first-order valence-electron chi connectivity index (χ1n) is 7.47. The number of pyridine rings is 1. The van der Waals surface area contributed by atoms with E-state index in [4.69, 9.17) is 4.74 Å². The van der Waals surface area contributed by atoms with Crippen molar-refractivity contribution in [3.63, 3.8) is 0 Å². The van der Waals surface area contributed by atoms with E-state index >= 15 is 0 Å². The van der Waals surface area contributed by atoms with Crippen molar-refractivity contribution in [2.75, 3.05) is 18.9 Å². The maximum absolute atomic E-state index is 12.4. The van der Waals surface area contributed by atoms with Crippen LogP contribution in [0.3, 0.4) is 0 Å². The largest absolute Gasteiger partial charge is 0.444 e. The van der Waals surface area contributed by atoms with Gasteiger partial charge in [0.25, 0.3) is 0 Å². The number of anilines is 1. The molecule has 1 aliphatic heterocycles. The van der Waals surface area contributed by atoms with Gasteiger partial charge in [0.1, 0.15) is 11.4 Å². The lowest BCUT2D eigenvalue weighted by Gasteiger charge is -2.29. The lowest BCUT2D eigenvalue weighted by molar-refractivity contribution is 0.0224. The van der Waals surface area contributed by atoms with Crippen molar-refractivity contribution in [2.45, 2.75) is 52.2 Å². The van der Waals surface area contributed by atoms with Crippen LogP contribution >= 0.6 is 0 Å². The van der Waals surface area contributed by atoms with Crippen LogP contribution in [0.15, 0.2) is 12.1 Å². The van der Waals surface area contributed by atoms with Gasteiger partial charge in [-0.1, -0.05) is 6.07 Å². The van der Waals surface area contributed by atoms with Crippen LogP contribution in [0, 0.1) is 6.92 Å². The quantitative estimate of drug-likeness (QED) is 0.906. The standard InChI is InChI=1S/C16H25N3O2/c1-11-12(8-9-14(17-5)18-11)13-7-6-10-19(13)15(20)21-16(2,3)4/h8-9,13H,6-7,10H2,1-5H3,(H,17,18). The Bertz CT molecular complexity index is 523. The average molecular weight is 291 g/mol. The van der Waals surface area contributed by atoms with Crippen LogP contribution in [-0.4, -0.2) is 35.2 Å². The zero-order valence-corrected chi connectivity index (χ0v) is 13.6. The third kappa shape index (κ3) is 3.65. The van der Waals surface area contributed by atoms with Gasteiger partial charge in [-0.15, -0.1) is 0 Å². The summed E-state index contributed by atoms with van der Waals surface area (Å²) < 4.78 is 5.51. The van der Waals surface area contributed by atoms with Gasteiger partial charge in [-0.25, -0.2) is 9.78 Å². The molecule has 1 unspecified atom stereocenters. The summed E-state index contributed by atoms with van der Waals surface area (Å²) in [5.74, 6) is 0.845. The van der Waals surface area contributed by atoms with Crippen LogP contribution in [0.4, 0.5) is 10.6 Å². The molecule has 2 heterocycles. The van der Waals surface area contributed by atoms with Gasteiger partial charge in [0.15, 0.2) is 0 Å². The Kier molecular flexibility index (Phi) is 4.40. The number of amides is 1. The molecule has 5 heteroatoms. The molecule has 116 valence electrons. The molecule has 1 N–H and O–H groups in total. The monoisotopic (exact) mass is 291 g/mol. The van der Waals surface area contributed by atoms with E-state index in [0.717, 1.165) is 36.5 Å². The Morgan fingerprint density at radius 3 is 2.71 bits per heavy atom. The summed E-state index contributed by atoms with van der Waals surface area (Å²) in [4.78, 5) is 18.7. The highest BCUT2D eigenvalue weighted by Crippen LogP contribution is 2.34. The van der Waals surface area contributed by atoms with Gasteiger partial charge < -0.3 is 15.0 Å².